The van der Waals surface area contributed by atoms with Gasteiger partial charge in [-0.15, -0.1) is 0 Å². The lowest BCUT2D eigenvalue weighted by molar-refractivity contribution is -0.141. The number of hydrogen-bond donors (Lipinski definition) is 2. The van der Waals surface area contributed by atoms with Crippen LogP contribution >= 0.6 is 0 Å². The molecule has 64 valence electrons. The normalized spacial score (nSPS) is 20.8. The minimum Gasteiger partial charge on any atom is -0.385 e. The molecule has 1 aliphatic heterocycles. The lowest BCUT2D eigenvalue weighted by atomic mass is 10.2. The van der Waals surface area contributed by atoms with Crippen molar-refractivity contribution in [2.45, 2.75) is 25.6 Å². The van der Waals surface area contributed by atoms with Crippen molar-refractivity contribution in [3.05, 3.63) is 0 Å². The molecule has 1 aliphatic rings. The van der Waals surface area contributed by atoms with E-state index in [1.165, 1.54) is 0 Å². The van der Waals surface area contributed by atoms with Gasteiger partial charge in [-0.05, 0) is 6.42 Å². The smallest absolute Gasteiger partial charge is 0.120 e. The first-order valence-corrected chi connectivity index (χ1v) is 3.81. The van der Waals surface area contributed by atoms with Crippen LogP contribution in [0.1, 0.15) is 13.3 Å². The number of ether oxygens (including phenoxy) is 2. The van der Waals surface area contributed by atoms with Crippen molar-refractivity contribution in [3.8, 4) is 0 Å². The number of rotatable bonds is 4. The molecule has 1 rings (SSSR count). The van der Waals surface area contributed by atoms with E-state index < -0.39 is 0 Å². The van der Waals surface area contributed by atoms with Gasteiger partial charge in [0.25, 0.3) is 0 Å². The van der Waals surface area contributed by atoms with E-state index in [9.17, 15) is 0 Å². The first-order chi connectivity index (χ1) is 5.24. The number of nitrogens with two attached hydrogens (primary N) is 1. The van der Waals surface area contributed by atoms with Crippen molar-refractivity contribution in [1.82, 2.24) is 0 Å². The fourth-order valence-corrected chi connectivity index (χ4v) is 0.914. The molecule has 1 unspecified atom stereocenters. The first kappa shape index (κ1) is 8.49. The summed E-state index contributed by atoms with van der Waals surface area (Å²) in [6.07, 6.45) is 0.694. The van der Waals surface area contributed by atoms with E-state index >= 15 is 0 Å². The summed E-state index contributed by atoms with van der Waals surface area (Å²) in [5.41, 5.74) is 5.29. The highest BCUT2D eigenvalue weighted by Gasteiger charge is 2.23. The second-order valence-corrected chi connectivity index (χ2v) is 2.65. The van der Waals surface area contributed by atoms with Crippen molar-refractivity contribution < 1.29 is 9.47 Å². The maximum Gasteiger partial charge on any atom is 0.120 e. The topological polar surface area (TPSA) is 68.3 Å². The average molecular weight is 158 g/mol. The van der Waals surface area contributed by atoms with Crippen molar-refractivity contribution >= 4 is 5.84 Å². The molecule has 0 bridgehead atoms. The molecular formula is C7H14N2O2. The summed E-state index contributed by atoms with van der Waals surface area (Å²) in [6.45, 7) is 3.24. The molecule has 1 atom stereocenters. The Bertz CT molecular complexity index is 145. The van der Waals surface area contributed by atoms with Crippen molar-refractivity contribution in [1.29, 1.82) is 5.41 Å². The van der Waals surface area contributed by atoms with E-state index in [1.807, 2.05) is 6.92 Å². The summed E-state index contributed by atoms with van der Waals surface area (Å²) in [5.74, 6) is 0.111. The third-order valence-electron chi connectivity index (χ3n) is 1.68. The Balaban J connectivity index is 2.24. The van der Waals surface area contributed by atoms with Crippen molar-refractivity contribution in [2.75, 3.05) is 13.2 Å². The summed E-state index contributed by atoms with van der Waals surface area (Å²) >= 11 is 0. The van der Waals surface area contributed by atoms with Crippen LogP contribution in [0.3, 0.4) is 0 Å². The molecule has 1 heterocycles. The van der Waals surface area contributed by atoms with Gasteiger partial charge in [0.05, 0.1) is 13.2 Å². The van der Waals surface area contributed by atoms with Gasteiger partial charge in [-0.2, -0.15) is 0 Å². The van der Waals surface area contributed by atoms with Crippen LogP contribution in [0, 0.1) is 5.41 Å². The summed E-state index contributed by atoms with van der Waals surface area (Å²) in [4.78, 5) is 0. The molecule has 4 heteroatoms. The summed E-state index contributed by atoms with van der Waals surface area (Å²) in [7, 11) is 0. The van der Waals surface area contributed by atoms with Crippen LogP contribution < -0.4 is 5.73 Å². The quantitative estimate of drug-likeness (QED) is 0.451. The van der Waals surface area contributed by atoms with Gasteiger partial charge >= 0.3 is 0 Å². The highest BCUT2D eigenvalue weighted by molar-refractivity contribution is 5.81. The van der Waals surface area contributed by atoms with E-state index in [-0.39, 0.29) is 18.0 Å². The molecule has 4 nitrogen and oxygen atoms in total. The molecule has 3 N–H and O–H groups in total. The minimum atomic E-state index is -0.219. The van der Waals surface area contributed by atoms with E-state index in [2.05, 4.69) is 0 Å². The highest BCUT2D eigenvalue weighted by atomic mass is 16.6. The SMILES string of the molecule is CCC(OC1COC1)C(=N)N. The lowest BCUT2D eigenvalue weighted by Gasteiger charge is -2.29. The Morgan fingerprint density at radius 1 is 1.82 bits per heavy atom. The molecular weight excluding hydrogens is 144 g/mol. The van der Waals surface area contributed by atoms with Gasteiger partial charge in [-0.25, -0.2) is 0 Å². The zero-order valence-electron chi connectivity index (χ0n) is 6.67. The van der Waals surface area contributed by atoms with E-state index in [4.69, 9.17) is 20.6 Å². The van der Waals surface area contributed by atoms with Crippen LogP contribution in [0.5, 0.6) is 0 Å². The molecule has 1 fully saturated rings. The molecule has 0 aromatic carbocycles. The predicted octanol–water partition coefficient (Wildman–Crippen LogP) is 0.116. The number of hydrogen-bond acceptors (Lipinski definition) is 3. The third kappa shape index (κ3) is 2.17. The largest absolute Gasteiger partial charge is 0.385 e. The Kier molecular flexibility index (Phi) is 2.84. The Hall–Kier alpha value is -0.610. The molecule has 0 radical (unpaired) electrons. The second-order valence-electron chi connectivity index (χ2n) is 2.65. The Labute approximate surface area is 66.2 Å². The third-order valence-corrected chi connectivity index (χ3v) is 1.68. The van der Waals surface area contributed by atoms with Crippen LogP contribution in [0.2, 0.25) is 0 Å². The van der Waals surface area contributed by atoms with Crippen LogP contribution in [-0.2, 0) is 9.47 Å². The maximum atomic E-state index is 7.16. The molecule has 0 saturated carbocycles. The minimum absolute atomic E-state index is 0.111. The maximum absolute atomic E-state index is 7.16. The summed E-state index contributed by atoms with van der Waals surface area (Å²) < 4.78 is 10.3. The van der Waals surface area contributed by atoms with Crippen LogP contribution in [0.4, 0.5) is 0 Å². The van der Waals surface area contributed by atoms with Gasteiger partial charge in [-0.1, -0.05) is 6.92 Å². The zero-order chi connectivity index (χ0) is 8.27. The van der Waals surface area contributed by atoms with Gasteiger partial charge in [0, 0.05) is 0 Å². The molecule has 1 saturated heterocycles. The second kappa shape index (κ2) is 3.69. The van der Waals surface area contributed by atoms with Gasteiger partial charge in [-0.3, -0.25) is 5.41 Å². The molecule has 0 aromatic heterocycles. The molecule has 0 aromatic rings. The van der Waals surface area contributed by atoms with Crippen molar-refractivity contribution in [3.63, 3.8) is 0 Å². The summed E-state index contributed by atoms with van der Waals surface area (Å²) in [5, 5.41) is 7.16. The fraction of sp³-hybridized carbons (Fsp3) is 0.857. The zero-order valence-corrected chi connectivity index (χ0v) is 6.67. The molecule has 0 spiro atoms. The van der Waals surface area contributed by atoms with Crippen molar-refractivity contribution in [2.24, 2.45) is 5.73 Å². The van der Waals surface area contributed by atoms with Crippen LogP contribution in [-0.4, -0.2) is 31.3 Å². The predicted molar refractivity (Wildman–Crippen MR) is 41.7 cm³/mol. The lowest BCUT2D eigenvalue weighted by Crippen LogP contribution is -2.42. The number of nitrogens with one attached hydrogen (secondary N) is 1. The monoisotopic (exact) mass is 158 g/mol. The first-order valence-electron chi connectivity index (χ1n) is 3.81. The van der Waals surface area contributed by atoms with E-state index in [0.29, 0.717) is 13.2 Å². The van der Waals surface area contributed by atoms with Crippen LogP contribution in [0.25, 0.3) is 0 Å². The Morgan fingerprint density at radius 3 is 2.73 bits per heavy atom. The molecule has 11 heavy (non-hydrogen) atoms. The van der Waals surface area contributed by atoms with Gasteiger partial charge in [0.15, 0.2) is 0 Å². The van der Waals surface area contributed by atoms with Gasteiger partial charge in [0.1, 0.15) is 18.0 Å². The molecule has 0 amide bonds. The average Bonchev–Trinajstić information content (AvgIpc) is 1.85. The van der Waals surface area contributed by atoms with E-state index in [1.54, 1.807) is 0 Å². The molecule has 0 aliphatic carbocycles. The number of amidine groups is 1. The fourth-order valence-electron chi connectivity index (χ4n) is 0.914. The van der Waals surface area contributed by atoms with E-state index in [0.717, 1.165) is 6.42 Å². The van der Waals surface area contributed by atoms with Crippen LogP contribution in [0.15, 0.2) is 0 Å². The highest BCUT2D eigenvalue weighted by Crippen LogP contribution is 2.10. The Morgan fingerprint density at radius 2 is 2.45 bits per heavy atom. The standard InChI is InChI=1S/C7H14N2O2/c1-2-6(7(8)9)11-5-3-10-4-5/h5-6H,2-4H2,1H3,(H3,8,9). The summed E-state index contributed by atoms with van der Waals surface area (Å²) in [6, 6.07) is 0. The van der Waals surface area contributed by atoms with Gasteiger partial charge in [0.2, 0.25) is 0 Å². The van der Waals surface area contributed by atoms with Gasteiger partial charge < -0.3 is 15.2 Å².